The molecule has 0 saturated heterocycles. The van der Waals surface area contributed by atoms with Gasteiger partial charge < -0.3 is 19.1 Å². The van der Waals surface area contributed by atoms with E-state index in [2.05, 4.69) is 24.5 Å². The van der Waals surface area contributed by atoms with Gasteiger partial charge in [0.2, 0.25) is 14.3 Å². The maximum Gasteiger partial charge on any atom is 0.215 e. The van der Waals surface area contributed by atoms with Crippen molar-refractivity contribution in [2.24, 2.45) is 0 Å². The molecule has 4 heterocycles. The topological polar surface area (TPSA) is 106 Å². The number of hydrogen-bond acceptors (Lipinski definition) is 7. The summed E-state index contributed by atoms with van der Waals surface area (Å²) in [6, 6.07) is 7.22. The summed E-state index contributed by atoms with van der Waals surface area (Å²) in [5, 5.41) is 1.31. The minimum Gasteiger partial charge on any atom is -0.481 e. The zero-order chi connectivity index (χ0) is 19.1. The third-order valence-corrected chi connectivity index (χ3v) is 5.18. The summed E-state index contributed by atoms with van der Waals surface area (Å²) in [7, 11) is -0.558. The van der Waals surface area contributed by atoms with E-state index in [1.807, 2.05) is 26.0 Å². The highest BCUT2D eigenvalue weighted by atomic mass is 31.2. The largest absolute Gasteiger partial charge is 0.481 e. The second-order valence-electron chi connectivity index (χ2n) is 6.16. The molecule has 0 aromatic carbocycles. The number of aromatic nitrogens is 5. The van der Waals surface area contributed by atoms with Crippen LogP contribution in [0.3, 0.4) is 0 Å². The van der Waals surface area contributed by atoms with E-state index in [4.69, 9.17) is 4.74 Å². The van der Waals surface area contributed by atoms with Gasteiger partial charge in [-0.05, 0) is 32.0 Å². The zero-order valence-electron chi connectivity index (χ0n) is 15.1. The number of imidazole rings is 1. The second kappa shape index (κ2) is 6.81. The van der Waals surface area contributed by atoms with Crippen molar-refractivity contribution in [2.45, 2.75) is 20.4 Å². The Morgan fingerprint density at radius 1 is 1.07 bits per heavy atom. The number of aryl methyl sites for hydroxylation is 2. The third-order valence-electron chi connectivity index (χ3n) is 4.45. The van der Waals surface area contributed by atoms with Crippen molar-refractivity contribution in [3.8, 4) is 5.88 Å². The van der Waals surface area contributed by atoms with Crippen LogP contribution in [0.5, 0.6) is 5.88 Å². The van der Waals surface area contributed by atoms with Crippen LogP contribution in [0.4, 0.5) is 0 Å². The summed E-state index contributed by atoms with van der Waals surface area (Å²) in [6.45, 7) is 4.36. The number of hydrogen-bond donors (Lipinski definition) is 2. The summed E-state index contributed by atoms with van der Waals surface area (Å²) < 4.78 is 7.29. The molecule has 0 atom stereocenters. The van der Waals surface area contributed by atoms with Crippen LogP contribution in [0.2, 0.25) is 0 Å². The van der Waals surface area contributed by atoms with Gasteiger partial charge in [-0.25, -0.2) is 9.97 Å². The molecule has 2 N–H and O–H groups in total. The van der Waals surface area contributed by atoms with Gasteiger partial charge in [0.1, 0.15) is 11.3 Å². The molecule has 0 aliphatic carbocycles. The van der Waals surface area contributed by atoms with Gasteiger partial charge in [-0.15, -0.1) is 0 Å². The highest BCUT2D eigenvalue weighted by Crippen LogP contribution is 2.28. The number of rotatable bonds is 4. The summed E-state index contributed by atoms with van der Waals surface area (Å²) in [5.41, 5.74) is 3.98. The predicted molar refractivity (Wildman–Crippen MR) is 103 cm³/mol. The van der Waals surface area contributed by atoms with E-state index < -0.39 is 8.38 Å². The first kappa shape index (κ1) is 17.7. The normalized spacial score (nSPS) is 11.6. The first-order chi connectivity index (χ1) is 13.0. The van der Waals surface area contributed by atoms with E-state index >= 15 is 0 Å². The molecular formula is C18H18N5O3P. The first-order valence-electron chi connectivity index (χ1n) is 8.29. The molecule has 0 radical (unpaired) electrons. The molecule has 4 rings (SSSR count). The maximum absolute atomic E-state index is 9.29. The van der Waals surface area contributed by atoms with E-state index in [0.29, 0.717) is 23.4 Å². The Balaban J connectivity index is 1.88. The van der Waals surface area contributed by atoms with Gasteiger partial charge in [0.05, 0.1) is 30.6 Å². The standard InChI is InChI=1S/C18H18N5O3P/c1-10-16-17(14-6-7-15(26-3)22-18(14)20-10)23(11(2)21-16)9-12-4-5-13(8-19-12)27(24)25/h4-8,24-25H,9H2,1-3H3. The Hall–Kier alpha value is -2.67. The predicted octanol–water partition coefficient (Wildman–Crippen LogP) is 1.97. The number of fused-ring (bicyclic) bond motifs is 3. The molecule has 0 unspecified atom stereocenters. The lowest BCUT2D eigenvalue weighted by Gasteiger charge is -2.10. The molecule has 8 nitrogen and oxygen atoms in total. The van der Waals surface area contributed by atoms with Gasteiger partial charge >= 0.3 is 0 Å². The Morgan fingerprint density at radius 3 is 2.56 bits per heavy atom. The van der Waals surface area contributed by atoms with Gasteiger partial charge in [-0.3, -0.25) is 4.98 Å². The summed E-state index contributed by atoms with van der Waals surface area (Å²) >= 11 is 0. The Labute approximate surface area is 156 Å². The highest BCUT2D eigenvalue weighted by Gasteiger charge is 2.16. The Bertz CT molecular complexity index is 1140. The minimum atomic E-state index is -2.14. The zero-order valence-corrected chi connectivity index (χ0v) is 16.0. The molecule has 0 spiro atoms. The Morgan fingerprint density at radius 2 is 1.89 bits per heavy atom. The van der Waals surface area contributed by atoms with E-state index in [-0.39, 0.29) is 0 Å². The van der Waals surface area contributed by atoms with Crippen molar-refractivity contribution in [3.63, 3.8) is 0 Å². The first-order valence-corrected chi connectivity index (χ1v) is 9.53. The molecule has 4 aromatic heterocycles. The number of nitrogens with zero attached hydrogens (tertiary/aromatic N) is 5. The molecule has 0 aliphatic rings. The van der Waals surface area contributed by atoms with Gasteiger partial charge in [-0.1, -0.05) is 0 Å². The van der Waals surface area contributed by atoms with Gasteiger partial charge in [0.15, 0.2) is 5.65 Å². The lowest BCUT2D eigenvalue weighted by atomic mass is 10.2. The lowest BCUT2D eigenvalue weighted by Crippen LogP contribution is -2.08. The number of pyridine rings is 3. The van der Waals surface area contributed by atoms with Crippen LogP contribution in [-0.4, -0.2) is 41.4 Å². The van der Waals surface area contributed by atoms with E-state index in [1.54, 1.807) is 19.2 Å². The fourth-order valence-corrected chi connectivity index (χ4v) is 3.47. The van der Waals surface area contributed by atoms with Crippen molar-refractivity contribution in [3.05, 3.63) is 47.7 Å². The summed E-state index contributed by atoms with van der Waals surface area (Å²) in [6.07, 6.45) is 1.49. The van der Waals surface area contributed by atoms with Crippen molar-refractivity contribution < 1.29 is 14.5 Å². The molecular weight excluding hydrogens is 365 g/mol. The fourth-order valence-electron chi connectivity index (χ4n) is 3.10. The molecule has 27 heavy (non-hydrogen) atoms. The van der Waals surface area contributed by atoms with Crippen molar-refractivity contribution in [1.82, 2.24) is 24.5 Å². The average molecular weight is 383 g/mol. The number of ether oxygens (including phenoxy) is 1. The molecule has 0 fully saturated rings. The van der Waals surface area contributed by atoms with Gasteiger partial charge in [0.25, 0.3) is 0 Å². The van der Waals surface area contributed by atoms with E-state index in [0.717, 1.165) is 33.6 Å². The molecule has 0 saturated carbocycles. The van der Waals surface area contributed by atoms with E-state index in [9.17, 15) is 9.79 Å². The molecule has 138 valence electrons. The van der Waals surface area contributed by atoms with Crippen molar-refractivity contribution >= 4 is 35.7 Å². The third kappa shape index (κ3) is 3.12. The van der Waals surface area contributed by atoms with Gasteiger partial charge in [-0.2, -0.15) is 4.98 Å². The van der Waals surface area contributed by atoms with Crippen LogP contribution in [0.1, 0.15) is 17.2 Å². The maximum atomic E-state index is 9.29. The SMILES string of the molecule is COc1ccc2c(n1)nc(C)c1nc(C)n(Cc3ccc(P(O)O)cn3)c12. The van der Waals surface area contributed by atoms with Crippen LogP contribution in [0.25, 0.3) is 22.1 Å². The van der Waals surface area contributed by atoms with Crippen molar-refractivity contribution in [1.29, 1.82) is 0 Å². The van der Waals surface area contributed by atoms with Crippen LogP contribution in [-0.2, 0) is 6.54 Å². The smallest absolute Gasteiger partial charge is 0.215 e. The summed E-state index contributed by atoms with van der Waals surface area (Å²) in [5.74, 6) is 1.36. The molecule has 0 bridgehead atoms. The average Bonchev–Trinajstić information content (AvgIpc) is 2.99. The Kier molecular flexibility index (Phi) is 4.47. The second-order valence-corrected chi connectivity index (χ2v) is 7.26. The highest BCUT2D eigenvalue weighted by molar-refractivity contribution is 7.53. The molecule has 0 amide bonds. The van der Waals surface area contributed by atoms with Crippen LogP contribution < -0.4 is 10.0 Å². The van der Waals surface area contributed by atoms with Crippen LogP contribution in [0, 0.1) is 13.8 Å². The minimum absolute atomic E-state index is 0.419. The summed E-state index contributed by atoms with van der Waals surface area (Å²) in [4.78, 5) is 36.6. The van der Waals surface area contributed by atoms with E-state index in [1.165, 1.54) is 6.20 Å². The monoisotopic (exact) mass is 383 g/mol. The van der Waals surface area contributed by atoms with Crippen LogP contribution >= 0.6 is 8.38 Å². The molecule has 4 aromatic rings. The quantitative estimate of drug-likeness (QED) is 0.519. The fraction of sp³-hybridized carbons (Fsp3) is 0.222. The number of methoxy groups -OCH3 is 1. The van der Waals surface area contributed by atoms with Crippen LogP contribution in [0.15, 0.2) is 30.5 Å². The van der Waals surface area contributed by atoms with Crippen molar-refractivity contribution in [2.75, 3.05) is 7.11 Å². The molecule has 0 aliphatic heterocycles. The molecule has 9 heteroatoms. The lowest BCUT2D eigenvalue weighted by molar-refractivity contribution is 0.399. The van der Waals surface area contributed by atoms with Gasteiger partial charge in [0, 0.05) is 23.0 Å².